The number of nitrogens with zero attached hydrogens (tertiary/aromatic N) is 4. The van der Waals surface area contributed by atoms with E-state index in [0.29, 0.717) is 66.5 Å². The maximum Gasteiger partial charge on any atom is 0.294 e. The van der Waals surface area contributed by atoms with Gasteiger partial charge in [0.1, 0.15) is 6.61 Å². The second-order valence-corrected chi connectivity index (χ2v) is 13.0. The third kappa shape index (κ3) is 13.8. The Kier molecular flexibility index (Phi) is 15.6. The van der Waals surface area contributed by atoms with E-state index in [-0.39, 0.29) is 47.7 Å². The molecule has 0 spiro atoms. The van der Waals surface area contributed by atoms with Crippen molar-refractivity contribution in [3.8, 4) is 0 Å². The Morgan fingerprint density at radius 3 is 2.44 bits per heavy atom. The minimum absolute atomic E-state index is 0.00312. The lowest BCUT2D eigenvalue weighted by molar-refractivity contribution is -0.200. The van der Waals surface area contributed by atoms with E-state index in [0.717, 1.165) is 0 Å². The summed E-state index contributed by atoms with van der Waals surface area (Å²) in [5, 5.41) is 14.1. The topological polar surface area (TPSA) is 235 Å². The van der Waals surface area contributed by atoms with E-state index >= 15 is 0 Å². The molecule has 0 aliphatic rings. The molecule has 6 N–H and O–H groups in total. The molecule has 16 nitrogen and oxygen atoms in total. The zero-order valence-corrected chi connectivity index (χ0v) is 28.6. The molecule has 1 atom stereocenters. The van der Waals surface area contributed by atoms with Crippen LogP contribution in [0.1, 0.15) is 67.4 Å². The lowest BCUT2D eigenvalue weighted by Gasteiger charge is -2.18. The molecular weight excluding hydrogens is 668 g/mol. The average molecular weight is 711 g/mol. The Labute approximate surface area is 290 Å². The number of rotatable bonds is 20. The van der Waals surface area contributed by atoms with Crippen LogP contribution >= 0.6 is 0 Å². The van der Waals surface area contributed by atoms with Crippen molar-refractivity contribution in [3.05, 3.63) is 83.6 Å². The Hall–Kier alpha value is -5.10. The van der Waals surface area contributed by atoms with Crippen LogP contribution in [0.15, 0.2) is 82.0 Å². The molecule has 0 bridgehead atoms. The van der Waals surface area contributed by atoms with Crippen LogP contribution in [0.4, 0.5) is 11.5 Å². The molecule has 0 aliphatic heterocycles. The summed E-state index contributed by atoms with van der Waals surface area (Å²) in [4.78, 5) is 57.5. The number of hydrazine groups is 1. The molecule has 3 rings (SSSR count). The molecule has 0 saturated heterocycles. The molecular formula is C33H42N8O8S. The van der Waals surface area contributed by atoms with Gasteiger partial charge in [0.2, 0.25) is 11.8 Å². The number of hydrogen-bond acceptors (Lipinski definition) is 11. The summed E-state index contributed by atoms with van der Waals surface area (Å²) in [5.74, 6) is -0.522. The molecule has 0 radical (unpaired) electrons. The summed E-state index contributed by atoms with van der Waals surface area (Å²) >= 11 is 0. The number of nitrogens with two attached hydrogens (primary N) is 1. The van der Waals surface area contributed by atoms with E-state index in [4.69, 9.17) is 10.6 Å². The molecule has 3 aromatic rings. The fourth-order valence-corrected chi connectivity index (χ4v) is 5.20. The smallest absolute Gasteiger partial charge is 0.294 e. The number of nitrogens with one attached hydrogen (secondary N) is 3. The summed E-state index contributed by atoms with van der Waals surface area (Å²) in [6, 6.07) is 15.1. The van der Waals surface area contributed by atoms with Crippen LogP contribution in [0.25, 0.3) is 0 Å². The molecule has 0 aliphatic carbocycles. The number of hydroxylamine groups is 1. The Balaban J connectivity index is 1.30. The highest BCUT2D eigenvalue weighted by atomic mass is 32.2. The summed E-state index contributed by atoms with van der Waals surface area (Å²) in [6.45, 7) is 4.25. The summed E-state index contributed by atoms with van der Waals surface area (Å²) in [7, 11) is -4.39. The van der Waals surface area contributed by atoms with Crippen LogP contribution in [0.3, 0.4) is 0 Å². The molecule has 268 valence electrons. The summed E-state index contributed by atoms with van der Waals surface area (Å²) in [6.07, 6.45) is 4.14. The van der Waals surface area contributed by atoms with Crippen molar-refractivity contribution >= 4 is 45.8 Å². The number of carbonyl (C=O) groups is 4. The first kappa shape index (κ1) is 39.3. The number of amides is 4. The molecule has 17 heteroatoms. The monoisotopic (exact) mass is 710 g/mol. The SMILES string of the molecule is CC(C)C[C@H](N)C(=O)Nc1ccc(CON(C=O)NC(=O)CCCCCNC(=O)c2ccc(N=NCc3ccccc3S(=O)(=O)O)nc2)cc1. The molecule has 2 aromatic carbocycles. The standard InChI is InChI=1S/C33H42N8O8S/c1-23(2)18-28(34)33(45)38-27-14-11-24(12-15-27)21-49-41(22-42)40-31(43)10-4-3-7-17-35-32(44)26-13-16-30(36-19-26)39-37-20-25-8-5-6-9-29(25)50(46,47)48/h5-6,8-9,11-16,19,22-23,28H,3-4,7,10,17-18,20-21,34H2,1-2H3,(H,35,44)(H,38,45)(H,40,43)(H,46,47,48)/t28-/m0/s1. The zero-order valence-electron chi connectivity index (χ0n) is 27.8. The quantitative estimate of drug-likeness (QED) is 0.0374. The maximum atomic E-state index is 12.4. The molecule has 0 unspecified atom stereocenters. The fourth-order valence-electron chi connectivity index (χ4n) is 4.49. The Bertz CT molecular complexity index is 1720. The highest BCUT2D eigenvalue weighted by Crippen LogP contribution is 2.18. The second-order valence-electron chi connectivity index (χ2n) is 11.6. The van der Waals surface area contributed by atoms with Gasteiger partial charge in [-0.15, -0.1) is 10.3 Å². The fraction of sp³-hybridized carbons (Fsp3) is 0.364. The van der Waals surface area contributed by atoms with E-state index in [1.165, 1.54) is 36.5 Å². The number of hydrogen-bond donors (Lipinski definition) is 5. The molecule has 0 fully saturated rings. The van der Waals surface area contributed by atoms with Gasteiger partial charge in [0.25, 0.3) is 22.4 Å². The van der Waals surface area contributed by atoms with Crippen molar-refractivity contribution in [3.63, 3.8) is 0 Å². The van der Waals surface area contributed by atoms with Gasteiger partial charge in [0.05, 0.1) is 23.0 Å². The molecule has 1 aromatic heterocycles. The predicted molar refractivity (Wildman–Crippen MR) is 183 cm³/mol. The number of pyridine rings is 1. The minimum Gasteiger partial charge on any atom is -0.352 e. The van der Waals surface area contributed by atoms with Crippen molar-refractivity contribution in [2.24, 2.45) is 21.9 Å². The van der Waals surface area contributed by atoms with Crippen molar-refractivity contribution in [1.29, 1.82) is 0 Å². The first-order valence-electron chi connectivity index (χ1n) is 15.8. The third-order valence-electron chi connectivity index (χ3n) is 7.03. The summed E-state index contributed by atoms with van der Waals surface area (Å²) in [5.41, 5.74) is 10.1. The number of unbranched alkanes of at least 4 members (excludes halogenated alkanes) is 2. The molecule has 1 heterocycles. The van der Waals surface area contributed by atoms with Gasteiger partial charge in [-0.1, -0.05) is 50.6 Å². The predicted octanol–water partition coefficient (Wildman–Crippen LogP) is 3.84. The number of benzene rings is 2. The third-order valence-corrected chi connectivity index (χ3v) is 7.98. The highest BCUT2D eigenvalue weighted by Gasteiger charge is 2.16. The summed E-state index contributed by atoms with van der Waals surface area (Å²) < 4.78 is 32.3. The minimum atomic E-state index is -4.39. The van der Waals surface area contributed by atoms with Gasteiger partial charge in [-0.25, -0.2) is 15.2 Å². The zero-order chi connectivity index (χ0) is 36.5. The lowest BCUT2D eigenvalue weighted by atomic mass is 10.0. The normalized spacial score (nSPS) is 12.0. The van der Waals surface area contributed by atoms with Crippen molar-refractivity contribution in [1.82, 2.24) is 20.9 Å². The van der Waals surface area contributed by atoms with Crippen LogP contribution in [-0.2, 0) is 42.5 Å². The van der Waals surface area contributed by atoms with Crippen molar-refractivity contribution in [2.45, 2.75) is 70.0 Å². The van der Waals surface area contributed by atoms with E-state index < -0.39 is 22.1 Å². The molecule has 0 saturated carbocycles. The van der Waals surface area contributed by atoms with Gasteiger partial charge in [-0.2, -0.15) is 13.5 Å². The van der Waals surface area contributed by atoms with E-state index in [9.17, 15) is 32.1 Å². The largest absolute Gasteiger partial charge is 0.352 e. The van der Waals surface area contributed by atoms with Crippen molar-refractivity contribution in [2.75, 3.05) is 11.9 Å². The van der Waals surface area contributed by atoms with Gasteiger partial charge in [-0.05, 0) is 66.6 Å². The van der Waals surface area contributed by atoms with Crippen LogP contribution in [0.5, 0.6) is 0 Å². The first-order valence-corrected chi connectivity index (χ1v) is 17.3. The van der Waals surface area contributed by atoms with Gasteiger partial charge in [0.15, 0.2) is 5.82 Å². The van der Waals surface area contributed by atoms with Crippen LogP contribution < -0.4 is 21.8 Å². The van der Waals surface area contributed by atoms with E-state index in [1.54, 1.807) is 30.3 Å². The Morgan fingerprint density at radius 2 is 1.78 bits per heavy atom. The average Bonchev–Trinajstić information content (AvgIpc) is 3.08. The van der Waals surface area contributed by atoms with Gasteiger partial charge < -0.3 is 16.4 Å². The number of carbonyl (C=O) groups excluding carboxylic acids is 4. The second kappa shape index (κ2) is 19.8. The Morgan fingerprint density at radius 1 is 1.04 bits per heavy atom. The lowest BCUT2D eigenvalue weighted by Crippen LogP contribution is -2.41. The van der Waals surface area contributed by atoms with Gasteiger partial charge in [0, 0.05) is 24.8 Å². The van der Waals surface area contributed by atoms with Crippen LogP contribution in [0, 0.1) is 5.92 Å². The van der Waals surface area contributed by atoms with E-state index in [1.807, 2.05) is 13.8 Å². The number of aromatic nitrogens is 1. The number of anilines is 1. The van der Waals surface area contributed by atoms with Gasteiger partial charge >= 0.3 is 0 Å². The molecule has 4 amide bonds. The highest BCUT2D eigenvalue weighted by molar-refractivity contribution is 7.85. The van der Waals surface area contributed by atoms with Crippen molar-refractivity contribution < 1.29 is 37.0 Å². The first-order chi connectivity index (χ1) is 23.8. The molecule has 50 heavy (non-hydrogen) atoms. The van der Waals surface area contributed by atoms with E-state index in [2.05, 4.69) is 31.3 Å². The van der Waals surface area contributed by atoms with Gasteiger partial charge in [-0.3, -0.25) is 23.7 Å². The maximum absolute atomic E-state index is 12.4. The van der Waals surface area contributed by atoms with Crippen LogP contribution in [0.2, 0.25) is 0 Å². The van der Waals surface area contributed by atoms with Crippen LogP contribution in [-0.4, -0.2) is 59.8 Å². The number of azo groups is 1.